The number of halogens is 1. The van der Waals surface area contributed by atoms with Gasteiger partial charge in [0.15, 0.2) is 0 Å². The van der Waals surface area contributed by atoms with Crippen LogP contribution >= 0.6 is 15.9 Å². The first-order valence-electron chi connectivity index (χ1n) is 6.33. The Kier molecular flexibility index (Phi) is 4.27. The van der Waals surface area contributed by atoms with Crippen LogP contribution < -0.4 is 10.6 Å². The topological polar surface area (TPSA) is 41.1 Å². The van der Waals surface area contributed by atoms with Gasteiger partial charge in [-0.05, 0) is 55.9 Å². The molecule has 2 N–H and O–H groups in total. The lowest BCUT2D eigenvalue weighted by atomic mass is 10.1. The molecule has 0 atom stereocenters. The van der Waals surface area contributed by atoms with E-state index in [1.807, 2.05) is 13.8 Å². The molecule has 0 heterocycles. The number of rotatable bonds is 5. The summed E-state index contributed by atoms with van der Waals surface area (Å²) in [7, 11) is 0. The summed E-state index contributed by atoms with van der Waals surface area (Å²) in [5, 5.41) is 6.17. The third kappa shape index (κ3) is 3.73. The van der Waals surface area contributed by atoms with Gasteiger partial charge in [0.05, 0.1) is 6.54 Å². The number of benzene rings is 1. The van der Waals surface area contributed by atoms with Crippen molar-refractivity contribution in [1.82, 2.24) is 5.32 Å². The number of carbonyl (C=O) groups is 1. The maximum atomic E-state index is 11.7. The van der Waals surface area contributed by atoms with E-state index in [1.165, 1.54) is 12.8 Å². The van der Waals surface area contributed by atoms with E-state index in [0.717, 1.165) is 33.7 Å². The molecular formula is C14H19BrN2O. The van der Waals surface area contributed by atoms with E-state index >= 15 is 0 Å². The Morgan fingerprint density at radius 3 is 2.50 bits per heavy atom. The summed E-state index contributed by atoms with van der Waals surface area (Å²) < 4.78 is 1.07. The van der Waals surface area contributed by atoms with E-state index in [-0.39, 0.29) is 5.91 Å². The van der Waals surface area contributed by atoms with Crippen LogP contribution in [0.2, 0.25) is 0 Å². The van der Waals surface area contributed by atoms with Gasteiger partial charge in [0.25, 0.3) is 0 Å². The third-order valence-electron chi connectivity index (χ3n) is 3.21. The van der Waals surface area contributed by atoms with Gasteiger partial charge in [0.2, 0.25) is 5.91 Å². The van der Waals surface area contributed by atoms with Gasteiger partial charge in [0, 0.05) is 16.7 Å². The SMILES string of the molecule is Cc1cc(Br)cc(C)c1NCC(=O)NCC1CC1. The largest absolute Gasteiger partial charge is 0.376 e. The Bertz CT molecular complexity index is 432. The molecular weight excluding hydrogens is 292 g/mol. The summed E-state index contributed by atoms with van der Waals surface area (Å²) in [5.74, 6) is 0.800. The highest BCUT2D eigenvalue weighted by atomic mass is 79.9. The van der Waals surface area contributed by atoms with Crippen molar-refractivity contribution < 1.29 is 4.79 Å². The fraction of sp³-hybridized carbons (Fsp3) is 0.500. The van der Waals surface area contributed by atoms with Crippen LogP contribution in [0.4, 0.5) is 5.69 Å². The number of hydrogen-bond donors (Lipinski definition) is 2. The molecule has 1 aliphatic rings. The highest BCUT2D eigenvalue weighted by Crippen LogP contribution is 2.27. The number of nitrogens with one attached hydrogen (secondary N) is 2. The number of anilines is 1. The van der Waals surface area contributed by atoms with Crippen LogP contribution in [0.5, 0.6) is 0 Å². The van der Waals surface area contributed by atoms with Gasteiger partial charge < -0.3 is 10.6 Å². The molecule has 0 spiro atoms. The molecule has 0 saturated heterocycles. The van der Waals surface area contributed by atoms with Crippen molar-refractivity contribution in [2.75, 3.05) is 18.4 Å². The van der Waals surface area contributed by atoms with Crippen LogP contribution in [0.3, 0.4) is 0 Å². The number of carbonyl (C=O) groups excluding carboxylic acids is 1. The van der Waals surface area contributed by atoms with Crippen molar-refractivity contribution in [3.05, 3.63) is 27.7 Å². The molecule has 0 bridgehead atoms. The van der Waals surface area contributed by atoms with Crippen molar-refractivity contribution >= 4 is 27.5 Å². The molecule has 4 heteroatoms. The molecule has 1 amide bonds. The first-order valence-corrected chi connectivity index (χ1v) is 7.13. The van der Waals surface area contributed by atoms with Crippen molar-refractivity contribution in [3.63, 3.8) is 0 Å². The summed E-state index contributed by atoms with van der Waals surface area (Å²) in [6.07, 6.45) is 2.53. The minimum absolute atomic E-state index is 0.0728. The molecule has 0 aromatic heterocycles. The first-order chi connectivity index (χ1) is 8.56. The summed E-state index contributed by atoms with van der Waals surface area (Å²) in [6.45, 7) is 5.26. The molecule has 98 valence electrons. The average Bonchev–Trinajstić information content (AvgIpc) is 3.08. The van der Waals surface area contributed by atoms with Gasteiger partial charge in [-0.3, -0.25) is 4.79 Å². The predicted molar refractivity (Wildman–Crippen MR) is 77.8 cm³/mol. The molecule has 0 aliphatic heterocycles. The van der Waals surface area contributed by atoms with Gasteiger partial charge in [0.1, 0.15) is 0 Å². The molecule has 18 heavy (non-hydrogen) atoms. The number of hydrogen-bond acceptors (Lipinski definition) is 2. The summed E-state index contributed by atoms with van der Waals surface area (Å²) in [6, 6.07) is 4.11. The standard InChI is InChI=1S/C14H19BrN2O/c1-9-5-12(15)6-10(2)14(9)17-8-13(18)16-7-11-3-4-11/h5-6,11,17H,3-4,7-8H2,1-2H3,(H,16,18). The van der Waals surface area contributed by atoms with Crippen LogP contribution in [-0.4, -0.2) is 19.0 Å². The maximum absolute atomic E-state index is 11.7. The predicted octanol–water partition coefficient (Wildman–Crippen LogP) is 3.00. The molecule has 2 rings (SSSR count). The zero-order chi connectivity index (χ0) is 13.1. The second-order valence-corrected chi connectivity index (χ2v) is 5.93. The summed E-state index contributed by atoms with van der Waals surface area (Å²) in [4.78, 5) is 11.7. The molecule has 1 aromatic carbocycles. The normalized spacial score (nSPS) is 14.4. The van der Waals surface area contributed by atoms with Gasteiger partial charge in [-0.2, -0.15) is 0 Å². The van der Waals surface area contributed by atoms with Crippen LogP contribution in [-0.2, 0) is 4.79 Å². The lowest BCUT2D eigenvalue weighted by molar-refractivity contribution is -0.119. The average molecular weight is 311 g/mol. The van der Waals surface area contributed by atoms with E-state index in [2.05, 4.69) is 38.7 Å². The van der Waals surface area contributed by atoms with Crippen molar-refractivity contribution in [3.8, 4) is 0 Å². The van der Waals surface area contributed by atoms with Crippen LogP contribution in [0, 0.1) is 19.8 Å². The Morgan fingerprint density at radius 1 is 1.33 bits per heavy atom. The molecule has 0 unspecified atom stereocenters. The lowest BCUT2D eigenvalue weighted by Gasteiger charge is -2.13. The zero-order valence-electron chi connectivity index (χ0n) is 10.8. The quantitative estimate of drug-likeness (QED) is 0.878. The van der Waals surface area contributed by atoms with Crippen LogP contribution in [0.1, 0.15) is 24.0 Å². The van der Waals surface area contributed by atoms with E-state index < -0.39 is 0 Å². The van der Waals surface area contributed by atoms with Crippen molar-refractivity contribution in [1.29, 1.82) is 0 Å². The first kappa shape index (κ1) is 13.4. The molecule has 0 radical (unpaired) electrons. The summed E-state index contributed by atoms with van der Waals surface area (Å²) >= 11 is 3.47. The van der Waals surface area contributed by atoms with E-state index in [0.29, 0.717) is 6.54 Å². The smallest absolute Gasteiger partial charge is 0.239 e. The van der Waals surface area contributed by atoms with Gasteiger partial charge >= 0.3 is 0 Å². The molecule has 3 nitrogen and oxygen atoms in total. The molecule has 1 aliphatic carbocycles. The maximum Gasteiger partial charge on any atom is 0.239 e. The number of amides is 1. The Hall–Kier alpha value is -1.03. The van der Waals surface area contributed by atoms with Crippen molar-refractivity contribution in [2.24, 2.45) is 5.92 Å². The molecule has 1 aromatic rings. The third-order valence-corrected chi connectivity index (χ3v) is 3.67. The molecule has 1 saturated carbocycles. The minimum atomic E-state index is 0.0728. The van der Waals surface area contributed by atoms with Gasteiger partial charge in [-0.15, -0.1) is 0 Å². The second kappa shape index (κ2) is 5.74. The van der Waals surface area contributed by atoms with Crippen LogP contribution in [0.15, 0.2) is 16.6 Å². The highest BCUT2D eigenvalue weighted by Gasteiger charge is 2.21. The van der Waals surface area contributed by atoms with E-state index in [1.54, 1.807) is 0 Å². The Balaban J connectivity index is 1.86. The zero-order valence-corrected chi connectivity index (χ0v) is 12.4. The monoisotopic (exact) mass is 310 g/mol. The summed E-state index contributed by atoms with van der Waals surface area (Å²) in [5.41, 5.74) is 3.36. The van der Waals surface area contributed by atoms with E-state index in [4.69, 9.17) is 0 Å². The molecule has 1 fully saturated rings. The van der Waals surface area contributed by atoms with Gasteiger partial charge in [-0.25, -0.2) is 0 Å². The van der Waals surface area contributed by atoms with Crippen LogP contribution in [0.25, 0.3) is 0 Å². The highest BCUT2D eigenvalue weighted by molar-refractivity contribution is 9.10. The Labute approximate surface area is 116 Å². The Morgan fingerprint density at radius 2 is 1.94 bits per heavy atom. The van der Waals surface area contributed by atoms with E-state index in [9.17, 15) is 4.79 Å². The second-order valence-electron chi connectivity index (χ2n) is 5.02. The van der Waals surface area contributed by atoms with Crippen molar-refractivity contribution in [2.45, 2.75) is 26.7 Å². The fourth-order valence-electron chi connectivity index (χ4n) is 2.00. The fourth-order valence-corrected chi connectivity index (χ4v) is 2.69. The lowest BCUT2D eigenvalue weighted by Crippen LogP contribution is -2.31. The number of aryl methyl sites for hydroxylation is 2. The minimum Gasteiger partial charge on any atom is -0.376 e. The van der Waals surface area contributed by atoms with Gasteiger partial charge in [-0.1, -0.05) is 15.9 Å².